The highest BCUT2D eigenvalue weighted by Gasteiger charge is 1.81. The van der Waals surface area contributed by atoms with E-state index in [-0.39, 0.29) is 5.97 Å². The van der Waals surface area contributed by atoms with Crippen LogP contribution in [0.25, 0.3) is 0 Å². The number of ether oxygens (including phenoxy) is 1. The molecule has 1 radical (unpaired) electrons. The highest BCUT2D eigenvalue weighted by atomic mass is 16.5. The molecule has 2 nitrogen and oxygen atoms in total. The Labute approximate surface area is 86.9 Å². The van der Waals surface area contributed by atoms with Gasteiger partial charge in [-0.15, -0.1) is 0 Å². The number of benzene rings is 1. The summed E-state index contributed by atoms with van der Waals surface area (Å²) in [5.41, 5.74) is 0. The number of rotatable bonds is 1. The zero-order valence-corrected chi connectivity index (χ0v) is 9.19. The van der Waals surface area contributed by atoms with Crippen molar-refractivity contribution in [2.24, 2.45) is 0 Å². The summed E-state index contributed by atoms with van der Waals surface area (Å²) in [5, 5.41) is 0. The van der Waals surface area contributed by atoms with E-state index in [1.54, 1.807) is 13.8 Å². The molecule has 1 aromatic carbocycles. The Kier molecular flexibility index (Phi) is 15.4. The van der Waals surface area contributed by atoms with Gasteiger partial charge in [0.05, 0.1) is 6.61 Å². The molecule has 0 aliphatic rings. The van der Waals surface area contributed by atoms with E-state index < -0.39 is 0 Å². The van der Waals surface area contributed by atoms with Crippen molar-refractivity contribution in [3.8, 4) is 0 Å². The monoisotopic (exact) mass is 195 g/mol. The maximum absolute atomic E-state index is 9.82. The first-order valence-electron chi connectivity index (χ1n) is 4.61. The van der Waals surface area contributed by atoms with Crippen LogP contribution in [0.1, 0.15) is 20.8 Å². The van der Waals surface area contributed by atoms with Crippen LogP contribution < -0.4 is 0 Å². The summed E-state index contributed by atoms with van der Waals surface area (Å²) >= 11 is 0. The maximum atomic E-state index is 9.82. The molecule has 1 aromatic rings. The van der Waals surface area contributed by atoms with Crippen LogP contribution in [0.5, 0.6) is 0 Å². The smallest absolute Gasteiger partial charge is 0.302 e. The van der Waals surface area contributed by atoms with Gasteiger partial charge in [-0.25, -0.2) is 0 Å². The molecule has 0 saturated carbocycles. The van der Waals surface area contributed by atoms with Crippen LogP contribution in [0.4, 0.5) is 0 Å². The van der Waals surface area contributed by atoms with Crippen molar-refractivity contribution in [2.75, 3.05) is 6.61 Å². The lowest BCUT2D eigenvalue weighted by Gasteiger charge is -1.89. The second-order valence-electron chi connectivity index (χ2n) is 2.08. The summed E-state index contributed by atoms with van der Waals surface area (Å²) in [6.45, 7) is 8.65. The minimum atomic E-state index is -0.211. The Morgan fingerprint density at radius 1 is 1.07 bits per heavy atom. The van der Waals surface area contributed by atoms with Crippen molar-refractivity contribution in [3.05, 3.63) is 43.3 Å². The molecular formula is C12H19O2. The predicted octanol–water partition coefficient (Wildman–Crippen LogP) is 3.10. The van der Waals surface area contributed by atoms with Gasteiger partial charge in [-0.3, -0.25) is 4.79 Å². The number of carbonyl (C=O) groups is 1. The molecule has 0 spiro atoms. The van der Waals surface area contributed by atoms with Gasteiger partial charge in [0.1, 0.15) is 0 Å². The number of hydrogen-bond acceptors (Lipinski definition) is 2. The Balaban J connectivity index is 0. The topological polar surface area (TPSA) is 26.3 Å². The molecule has 79 valence electrons. The molecule has 2 heteroatoms. The molecule has 1 rings (SSSR count). The summed E-state index contributed by atoms with van der Waals surface area (Å²) < 4.78 is 4.40. The lowest BCUT2D eigenvalue weighted by atomic mass is 10.4. The molecule has 0 saturated heterocycles. The van der Waals surface area contributed by atoms with E-state index in [2.05, 4.69) is 11.7 Å². The average Bonchev–Trinajstić information content (AvgIpc) is 2.24. The second-order valence-corrected chi connectivity index (χ2v) is 2.08. The van der Waals surface area contributed by atoms with E-state index in [0.29, 0.717) is 6.61 Å². The lowest BCUT2D eigenvalue weighted by molar-refractivity contribution is -0.140. The van der Waals surface area contributed by atoms with Gasteiger partial charge >= 0.3 is 5.97 Å². The van der Waals surface area contributed by atoms with E-state index in [1.807, 2.05) is 36.4 Å². The van der Waals surface area contributed by atoms with Gasteiger partial charge in [0.2, 0.25) is 0 Å². The van der Waals surface area contributed by atoms with E-state index in [9.17, 15) is 4.79 Å². The molecule has 0 aliphatic heterocycles. The highest BCUT2D eigenvalue weighted by Crippen LogP contribution is 1.79. The van der Waals surface area contributed by atoms with E-state index >= 15 is 0 Å². The minimum Gasteiger partial charge on any atom is -0.466 e. The quantitative estimate of drug-likeness (QED) is 0.644. The van der Waals surface area contributed by atoms with Crippen molar-refractivity contribution < 1.29 is 9.53 Å². The molecular weight excluding hydrogens is 176 g/mol. The molecule has 0 bridgehead atoms. The Morgan fingerprint density at radius 3 is 1.43 bits per heavy atom. The van der Waals surface area contributed by atoms with Gasteiger partial charge in [-0.05, 0) is 6.92 Å². The molecule has 0 heterocycles. The maximum Gasteiger partial charge on any atom is 0.302 e. The van der Waals surface area contributed by atoms with Gasteiger partial charge in [0.15, 0.2) is 0 Å². The first kappa shape index (κ1) is 15.2. The first-order chi connectivity index (χ1) is 6.77. The van der Waals surface area contributed by atoms with Gasteiger partial charge in [0.25, 0.3) is 0 Å². The van der Waals surface area contributed by atoms with E-state index in [1.165, 1.54) is 6.92 Å². The third-order valence-electron chi connectivity index (χ3n) is 1.01. The van der Waals surface area contributed by atoms with Crippen molar-refractivity contribution >= 4 is 5.97 Å². The van der Waals surface area contributed by atoms with Crippen LogP contribution >= 0.6 is 0 Å². The summed E-state index contributed by atoms with van der Waals surface area (Å²) in [4.78, 5) is 9.82. The Bertz CT molecular complexity index is 168. The normalized spacial score (nSPS) is 7.14. The van der Waals surface area contributed by atoms with Crippen LogP contribution in [0.2, 0.25) is 0 Å². The SMILES string of the molecule is CCOC(C)=O.[CH2]C.c1ccccc1. The van der Waals surface area contributed by atoms with Crippen LogP contribution in [0, 0.1) is 6.92 Å². The summed E-state index contributed by atoms with van der Waals surface area (Å²) in [6, 6.07) is 12.0. The lowest BCUT2D eigenvalue weighted by Crippen LogP contribution is -1.95. The van der Waals surface area contributed by atoms with Gasteiger partial charge < -0.3 is 4.74 Å². The van der Waals surface area contributed by atoms with Gasteiger partial charge in [-0.2, -0.15) is 0 Å². The Morgan fingerprint density at radius 2 is 1.36 bits per heavy atom. The van der Waals surface area contributed by atoms with Crippen LogP contribution in [-0.2, 0) is 9.53 Å². The van der Waals surface area contributed by atoms with Crippen molar-refractivity contribution in [2.45, 2.75) is 20.8 Å². The highest BCUT2D eigenvalue weighted by molar-refractivity contribution is 5.65. The molecule has 0 atom stereocenters. The molecule has 0 aliphatic carbocycles. The summed E-state index contributed by atoms with van der Waals surface area (Å²) in [7, 11) is 0. The van der Waals surface area contributed by atoms with Crippen molar-refractivity contribution in [1.29, 1.82) is 0 Å². The third kappa shape index (κ3) is 17.0. The van der Waals surface area contributed by atoms with Crippen molar-refractivity contribution in [3.63, 3.8) is 0 Å². The van der Waals surface area contributed by atoms with Crippen LogP contribution in [0.3, 0.4) is 0 Å². The first-order valence-corrected chi connectivity index (χ1v) is 4.61. The molecule has 14 heavy (non-hydrogen) atoms. The fourth-order valence-corrected chi connectivity index (χ4v) is 0.588. The van der Waals surface area contributed by atoms with E-state index in [0.717, 1.165) is 0 Å². The van der Waals surface area contributed by atoms with Crippen molar-refractivity contribution in [1.82, 2.24) is 0 Å². The molecule has 0 amide bonds. The average molecular weight is 195 g/mol. The minimum absolute atomic E-state index is 0.211. The van der Waals surface area contributed by atoms with E-state index in [4.69, 9.17) is 0 Å². The van der Waals surface area contributed by atoms with Gasteiger partial charge in [0, 0.05) is 6.92 Å². The van der Waals surface area contributed by atoms with Crippen LogP contribution in [-0.4, -0.2) is 12.6 Å². The predicted molar refractivity (Wildman–Crippen MR) is 59.8 cm³/mol. The fraction of sp³-hybridized carbons (Fsp3) is 0.333. The second kappa shape index (κ2) is 14.2. The summed E-state index contributed by atoms with van der Waals surface area (Å²) in [5.74, 6) is -0.211. The molecule has 0 unspecified atom stereocenters. The molecule has 0 fully saturated rings. The number of hydrogen-bond donors (Lipinski definition) is 0. The fourth-order valence-electron chi connectivity index (χ4n) is 0.588. The number of carbonyl (C=O) groups excluding carboxylic acids is 1. The summed E-state index contributed by atoms with van der Waals surface area (Å²) in [6.07, 6.45) is 0. The third-order valence-corrected chi connectivity index (χ3v) is 1.01. The largest absolute Gasteiger partial charge is 0.466 e. The zero-order valence-electron chi connectivity index (χ0n) is 9.19. The zero-order chi connectivity index (χ0) is 11.2. The Hall–Kier alpha value is -1.31. The number of esters is 1. The van der Waals surface area contributed by atoms with Crippen LogP contribution in [0.15, 0.2) is 36.4 Å². The standard InChI is InChI=1S/C6H6.C4H8O2.C2H5/c1-2-4-6-5-3-1;1-3-6-4(2)5;1-2/h1-6H;3H2,1-2H3;1H2,2H3. The van der Waals surface area contributed by atoms with Gasteiger partial charge in [-0.1, -0.05) is 50.2 Å². The molecule has 0 aromatic heterocycles. The molecule has 0 N–H and O–H groups in total.